The molecule has 0 fully saturated rings. The Morgan fingerprint density at radius 2 is 1.82 bits per heavy atom. The van der Waals surface area contributed by atoms with Gasteiger partial charge in [0.1, 0.15) is 0 Å². The van der Waals surface area contributed by atoms with E-state index in [0.29, 0.717) is 5.92 Å². The summed E-state index contributed by atoms with van der Waals surface area (Å²) < 4.78 is 0. The van der Waals surface area contributed by atoms with E-state index < -0.39 is 0 Å². The quantitative estimate of drug-likeness (QED) is 0.896. The zero-order valence-electron chi connectivity index (χ0n) is 10.3. The standard InChI is InChI=1S/C14H18N2S/c1-10(2)11-3-5-12(6-4-11)14(15)7-13-8-16-9-17-13/h3-6,8-10,14H,7,15H2,1-2H3. The lowest BCUT2D eigenvalue weighted by Crippen LogP contribution is -2.12. The van der Waals surface area contributed by atoms with Crippen LogP contribution in [0.4, 0.5) is 0 Å². The van der Waals surface area contributed by atoms with Gasteiger partial charge in [-0.2, -0.15) is 0 Å². The molecule has 17 heavy (non-hydrogen) atoms. The minimum absolute atomic E-state index is 0.0664. The molecule has 0 aliphatic heterocycles. The van der Waals surface area contributed by atoms with Gasteiger partial charge in [-0.3, -0.25) is 4.98 Å². The van der Waals surface area contributed by atoms with Crippen molar-refractivity contribution in [2.75, 3.05) is 0 Å². The summed E-state index contributed by atoms with van der Waals surface area (Å²) in [7, 11) is 0. The van der Waals surface area contributed by atoms with E-state index in [0.717, 1.165) is 6.42 Å². The Labute approximate surface area is 107 Å². The highest BCUT2D eigenvalue weighted by molar-refractivity contribution is 7.09. The van der Waals surface area contributed by atoms with Crippen molar-refractivity contribution in [2.24, 2.45) is 5.73 Å². The average Bonchev–Trinajstić information content (AvgIpc) is 2.82. The van der Waals surface area contributed by atoms with Crippen LogP contribution >= 0.6 is 11.3 Å². The number of nitrogens with zero attached hydrogens (tertiary/aromatic N) is 1. The van der Waals surface area contributed by atoms with Crippen LogP contribution < -0.4 is 5.73 Å². The van der Waals surface area contributed by atoms with E-state index in [-0.39, 0.29) is 6.04 Å². The molecular formula is C14H18N2S. The zero-order valence-corrected chi connectivity index (χ0v) is 11.1. The molecule has 1 atom stereocenters. The Bertz CT molecular complexity index is 446. The first-order valence-corrected chi connectivity index (χ1v) is 6.77. The molecule has 0 radical (unpaired) electrons. The molecule has 1 aromatic heterocycles. The monoisotopic (exact) mass is 246 g/mol. The fraction of sp³-hybridized carbons (Fsp3) is 0.357. The zero-order chi connectivity index (χ0) is 12.3. The number of hydrogen-bond acceptors (Lipinski definition) is 3. The van der Waals surface area contributed by atoms with Gasteiger partial charge in [0.2, 0.25) is 0 Å². The van der Waals surface area contributed by atoms with Gasteiger partial charge in [0.05, 0.1) is 5.51 Å². The van der Waals surface area contributed by atoms with E-state index >= 15 is 0 Å². The number of aromatic nitrogens is 1. The first kappa shape index (κ1) is 12.3. The summed E-state index contributed by atoms with van der Waals surface area (Å²) in [6.07, 6.45) is 2.76. The van der Waals surface area contributed by atoms with Crippen LogP contribution in [0, 0.1) is 0 Å². The van der Waals surface area contributed by atoms with E-state index in [1.54, 1.807) is 11.3 Å². The summed E-state index contributed by atoms with van der Waals surface area (Å²) in [6.45, 7) is 4.40. The summed E-state index contributed by atoms with van der Waals surface area (Å²) in [5.74, 6) is 0.571. The SMILES string of the molecule is CC(C)c1ccc(C(N)Cc2cncs2)cc1. The second kappa shape index (κ2) is 5.43. The van der Waals surface area contributed by atoms with Crippen molar-refractivity contribution < 1.29 is 0 Å². The van der Waals surface area contributed by atoms with Gasteiger partial charge >= 0.3 is 0 Å². The van der Waals surface area contributed by atoms with Crippen molar-refractivity contribution in [1.29, 1.82) is 0 Å². The molecule has 3 heteroatoms. The Morgan fingerprint density at radius 3 is 2.35 bits per heavy atom. The molecule has 2 aromatic rings. The van der Waals surface area contributed by atoms with Gasteiger partial charge in [-0.05, 0) is 17.0 Å². The fourth-order valence-corrected chi connectivity index (χ4v) is 2.46. The van der Waals surface area contributed by atoms with Crippen LogP contribution in [0.15, 0.2) is 36.0 Å². The first-order valence-electron chi connectivity index (χ1n) is 5.89. The second-order valence-electron chi connectivity index (χ2n) is 4.60. The van der Waals surface area contributed by atoms with Crippen molar-refractivity contribution in [1.82, 2.24) is 4.98 Å². The normalized spacial score (nSPS) is 12.9. The van der Waals surface area contributed by atoms with Crippen molar-refractivity contribution in [3.05, 3.63) is 52.0 Å². The molecule has 0 aliphatic rings. The maximum Gasteiger partial charge on any atom is 0.0794 e. The van der Waals surface area contributed by atoms with Gasteiger partial charge in [0.15, 0.2) is 0 Å². The molecular weight excluding hydrogens is 228 g/mol. The summed E-state index contributed by atoms with van der Waals surface area (Å²) >= 11 is 1.66. The van der Waals surface area contributed by atoms with Crippen LogP contribution in [0.25, 0.3) is 0 Å². The summed E-state index contributed by atoms with van der Waals surface area (Å²) in [5, 5.41) is 0. The Morgan fingerprint density at radius 1 is 1.18 bits per heavy atom. The molecule has 2 N–H and O–H groups in total. The van der Waals surface area contributed by atoms with Crippen LogP contribution in [-0.2, 0) is 6.42 Å². The molecule has 0 saturated carbocycles. The van der Waals surface area contributed by atoms with Gasteiger partial charge < -0.3 is 5.73 Å². The number of thiazole rings is 1. The van der Waals surface area contributed by atoms with Crippen LogP contribution in [0.5, 0.6) is 0 Å². The molecule has 90 valence electrons. The molecule has 1 aromatic carbocycles. The number of hydrogen-bond donors (Lipinski definition) is 1. The van der Waals surface area contributed by atoms with Crippen molar-refractivity contribution in [3.63, 3.8) is 0 Å². The minimum Gasteiger partial charge on any atom is -0.324 e. The largest absolute Gasteiger partial charge is 0.324 e. The Kier molecular flexibility index (Phi) is 3.92. The van der Waals surface area contributed by atoms with E-state index in [1.807, 2.05) is 11.7 Å². The lowest BCUT2D eigenvalue weighted by Gasteiger charge is -2.12. The topological polar surface area (TPSA) is 38.9 Å². The molecule has 0 saturated heterocycles. The van der Waals surface area contributed by atoms with Crippen molar-refractivity contribution in [3.8, 4) is 0 Å². The van der Waals surface area contributed by atoms with E-state index in [9.17, 15) is 0 Å². The van der Waals surface area contributed by atoms with Crippen LogP contribution in [-0.4, -0.2) is 4.98 Å². The third-order valence-corrected chi connectivity index (χ3v) is 3.74. The van der Waals surface area contributed by atoms with Crippen molar-refractivity contribution in [2.45, 2.75) is 32.2 Å². The first-order chi connectivity index (χ1) is 8.16. The summed E-state index contributed by atoms with van der Waals surface area (Å²) in [4.78, 5) is 5.31. The molecule has 0 spiro atoms. The smallest absolute Gasteiger partial charge is 0.0794 e. The van der Waals surface area contributed by atoms with Crippen LogP contribution in [0.1, 0.15) is 41.8 Å². The predicted molar refractivity (Wildman–Crippen MR) is 73.3 cm³/mol. The third kappa shape index (κ3) is 3.14. The summed E-state index contributed by atoms with van der Waals surface area (Å²) in [5.41, 5.74) is 10.6. The van der Waals surface area contributed by atoms with E-state index in [2.05, 4.69) is 43.1 Å². The number of nitrogens with two attached hydrogens (primary N) is 1. The minimum atomic E-state index is 0.0664. The van der Waals surface area contributed by atoms with E-state index in [1.165, 1.54) is 16.0 Å². The van der Waals surface area contributed by atoms with Gasteiger partial charge in [-0.1, -0.05) is 38.1 Å². The molecule has 1 heterocycles. The predicted octanol–water partition coefficient (Wildman–Crippen LogP) is 3.51. The highest BCUT2D eigenvalue weighted by atomic mass is 32.1. The van der Waals surface area contributed by atoms with Gasteiger partial charge in [-0.25, -0.2) is 0 Å². The highest BCUT2D eigenvalue weighted by Crippen LogP contribution is 2.21. The van der Waals surface area contributed by atoms with E-state index in [4.69, 9.17) is 5.73 Å². The summed E-state index contributed by atoms with van der Waals surface area (Å²) in [6, 6.07) is 8.69. The highest BCUT2D eigenvalue weighted by Gasteiger charge is 2.08. The maximum atomic E-state index is 6.19. The Hall–Kier alpha value is -1.19. The van der Waals surface area contributed by atoms with Gasteiger partial charge in [0, 0.05) is 23.5 Å². The molecule has 1 unspecified atom stereocenters. The maximum absolute atomic E-state index is 6.19. The third-order valence-electron chi connectivity index (χ3n) is 2.94. The molecule has 0 amide bonds. The second-order valence-corrected chi connectivity index (χ2v) is 5.57. The average molecular weight is 246 g/mol. The van der Waals surface area contributed by atoms with Gasteiger partial charge in [0.25, 0.3) is 0 Å². The molecule has 2 nitrogen and oxygen atoms in total. The number of benzene rings is 1. The van der Waals surface area contributed by atoms with Crippen LogP contribution in [0.2, 0.25) is 0 Å². The molecule has 0 aliphatic carbocycles. The van der Waals surface area contributed by atoms with Crippen LogP contribution in [0.3, 0.4) is 0 Å². The lowest BCUT2D eigenvalue weighted by molar-refractivity contribution is 0.727. The fourth-order valence-electron chi connectivity index (χ4n) is 1.81. The molecule has 0 bridgehead atoms. The van der Waals surface area contributed by atoms with Crippen molar-refractivity contribution >= 4 is 11.3 Å². The number of rotatable bonds is 4. The molecule has 2 rings (SSSR count). The Balaban J connectivity index is 2.06. The van der Waals surface area contributed by atoms with Gasteiger partial charge in [-0.15, -0.1) is 11.3 Å². The lowest BCUT2D eigenvalue weighted by atomic mass is 9.98.